The fourth-order valence-corrected chi connectivity index (χ4v) is 2.30. The van der Waals surface area contributed by atoms with Crippen molar-refractivity contribution in [1.82, 2.24) is 9.78 Å². The number of carbonyl (C=O) groups excluding carboxylic acids is 2. The second kappa shape index (κ2) is 4.92. The van der Waals surface area contributed by atoms with Gasteiger partial charge in [-0.25, -0.2) is 4.79 Å². The number of esters is 1. The molecule has 0 atom stereocenters. The van der Waals surface area contributed by atoms with Crippen molar-refractivity contribution in [3.8, 4) is 5.75 Å². The molecule has 1 heterocycles. The van der Waals surface area contributed by atoms with Gasteiger partial charge in [-0.05, 0) is 37.1 Å². The molecule has 0 radical (unpaired) electrons. The maximum atomic E-state index is 12.0. The van der Waals surface area contributed by atoms with Crippen LogP contribution in [-0.2, 0) is 13.0 Å². The third-order valence-corrected chi connectivity index (χ3v) is 3.40. The minimum absolute atomic E-state index is 0.155. The SMILES string of the molecule is CCn1cc(C(=O)Oc2ccc3c(c2)CCC3=O)cn1. The first kappa shape index (κ1) is 12.6. The van der Waals surface area contributed by atoms with Crippen LogP contribution >= 0.6 is 0 Å². The Kier molecular flexibility index (Phi) is 3.10. The van der Waals surface area contributed by atoms with Crippen LogP contribution in [0.25, 0.3) is 0 Å². The van der Waals surface area contributed by atoms with Gasteiger partial charge in [-0.1, -0.05) is 0 Å². The molecule has 0 spiro atoms. The first-order valence-corrected chi connectivity index (χ1v) is 6.58. The zero-order chi connectivity index (χ0) is 14.1. The van der Waals surface area contributed by atoms with Gasteiger partial charge >= 0.3 is 5.97 Å². The Labute approximate surface area is 116 Å². The van der Waals surface area contributed by atoms with Crippen LogP contribution in [0.15, 0.2) is 30.6 Å². The van der Waals surface area contributed by atoms with Gasteiger partial charge in [0.25, 0.3) is 0 Å². The Morgan fingerprint density at radius 2 is 2.25 bits per heavy atom. The third-order valence-electron chi connectivity index (χ3n) is 3.40. The van der Waals surface area contributed by atoms with Gasteiger partial charge in [0.2, 0.25) is 0 Å². The minimum Gasteiger partial charge on any atom is -0.423 e. The van der Waals surface area contributed by atoms with Crippen LogP contribution < -0.4 is 4.74 Å². The largest absolute Gasteiger partial charge is 0.423 e. The van der Waals surface area contributed by atoms with Crippen molar-refractivity contribution in [2.75, 3.05) is 0 Å². The summed E-state index contributed by atoms with van der Waals surface area (Å²) in [6, 6.07) is 5.15. The molecule has 0 amide bonds. The van der Waals surface area contributed by atoms with Crippen molar-refractivity contribution in [2.45, 2.75) is 26.3 Å². The lowest BCUT2D eigenvalue weighted by atomic mass is 10.1. The second-order valence-electron chi connectivity index (χ2n) is 4.72. The molecule has 0 saturated heterocycles. The number of fused-ring (bicyclic) bond motifs is 1. The summed E-state index contributed by atoms with van der Waals surface area (Å²) in [7, 11) is 0. The van der Waals surface area contributed by atoms with Crippen molar-refractivity contribution in [3.63, 3.8) is 0 Å². The summed E-state index contributed by atoms with van der Waals surface area (Å²) in [6.45, 7) is 2.65. The van der Waals surface area contributed by atoms with E-state index in [1.54, 1.807) is 29.1 Å². The number of ketones is 1. The van der Waals surface area contributed by atoms with Crippen molar-refractivity contribution in [2.24, 2.45) is 0 Å². The van der Waals surface area contributed by atoms with Gasteiger partial charge in [0.15, 0.2) is 5.78 Å². The molecule has 1 aromatic heterocycles. The van der Waals surface area contributed by atoms with Gasteiger partial charge in [-0.2, -0.15) is 5.10 Å². The summed E-state index contributed by atoms with van der Waals surface area (Å²) in [5.74, 6) is 0.184. The fraction of sp³-hybridized carbons (Fsp3) is 0.267. The molecule has 1 aliphatic rings. The molecule has 5 heteroatoms. The summed E-state index contributed by atoms with van der Waals surface area (Å²) >= 11 is 0. The Balaban J connectivity index is 1.78. The van der Waals surface area contributed by atoms with Crippen LogP contribution in [0.3, 0.4) is 0 Å². The maximum Gasteiger partial charge on any atom is 0.346 e. The number of carbonyl (C=O) groups is 2. The lowest BCUT2D eigenvalue weighted by Crippen LogP contribution is -2.08. The Morgan fingerprint density at radius 3 is 3.00 bits per heavy atom. The lowest BCUT2D eigenvalue weighted by Gasteiger charge is -2.04. The van der Waals surface area contributed by atoms with E-state index in [9.17, 15) is 9.59 Å². The molecule has 1 aromatic carbocycles. The molecular weight excluding hydrogens is 256 g/mol. The van der Waals surface area contributed by atoms with Crippen molar-refractivity contribution in [3.05, 3.63) is 47.3 Å². The number of hydrogen-bond acceptors (Lipinski definition) is 4. The highest BCUT2D eigenvalue weighted by molar-refractivity contribution is 6.00. The molecule has 2 aromatic rings. The number of nitrogens with zero attached hydrogens (tertiary/aromatic N) is 2. The van der Waals surface area contributed by atoms with Gasteiger partial charge in [-0.15, -0.1) is 0 Å². The average molecular weight is 270 g/mol. The topological polar surface area (TPSA) is 61.2 Å². The van der Waals surface area contributed by atoms with Crippen molar-refractivity contribution < 1.29 is 14.3 Å². The van der Waals surface area contributed by atoms with Crippen molar-refractivity contribution in [1.29, 1.82) is 0 Å². The highest BCUT2D eigenvalue weighted by Crippen LogP contribution is 2.26. The molecule has 0 bridgehead atoms. The number of rotatable bonds is 3. The van der Waals surface area contributed by atoms with Gasteiger partial charge < -0.3 is 4.74 Å². The van der Waals surface area contributed by atoms with Crippen LogP contribution in [-0.4, -0.2) is 21.5 Å². The van der Waals surface area contributed by atoms with E-state index in [4.69, 9.17) is 4.74 Å². The van der Waals surface area contributed by atoms with E-state index in [2.05, 4.69) is 5.10 Å². The molecule has 0 unspecified atom stereocenters. The van der Waals surface area contributed by atoms with E-state index >= 15 is 0 Å². The molecule has 5 nitrogen and oxygen atoms in total. The quantitative estimate of drug-likeness (QED) is 0.634. The van der Waals surface area contributed by atoms with Crippen LogP contribution in [0.2, 0.25) is 0 Å². The number of aryl methyl sites for hydroxylation is 2. The smallest absolute Gasteiger partial charge is 0.346 e. The van der Waals surface area contributed by atoms with Gasteiger partial charge in [0, 0.05) is 24.7 Å². The van der Waals surface area contributed by atoms with Crippen LogP contribution in [0.4, 0.5) is 0 Å². The molecule has 0 saturated carbocycles. The molecular formula is C15H14N2O3. The molecule has 102 valence electrons. The van der Waals surface area contributed by atoms with Crippen molar-refractivity contribution >= 4 is 11.8 Å². The van der Waals surface area contributed by atoms with E-state index < -0.39 is 5.97 Å². The number of Topliss-reactive ketones (excluding diaryl/α,β-unsaturated/α-hetero) is 1. The average Bonchev–Trinajstić information content (AvgIpc) is 3.06. The summed E-state index contributed by atoms with van der Waals surface area (Å²) in [5, 5.41) is 4.04. The number of benzene rings is 1. The summed E-state index contributed by atoms with van der Waals surface area (Å²) in [4.78, 5) is 23.5. The van der Waals surface area contributed by atoms with E-state index in [1.807, 2.05) is 6.92 Å². The summed E-state index contributed by atoms with van der Waals surface area (Å²) < 4.78 is 6.98. The van der Waals surface area contributed by atoms with E-state index in [1.165, 1.54) is 6.20 Å². The molecule has 20 heavy (non-hydrogen) atoms. The first-order valence-electron chi connectivity index (χ1n) is 6.58. The molecule has 0 aliphatic heterocycles. The zero-order valence-electron chi connectivity index (χ0n) is 11.1. The maximum absolute atomic E-state index is 12.0. The Morgan fingerprint density at radius 1 is 1.40 bits per heavy atom. The number of aromatic nitrogens is 2. The van der Waals surface area contributed by atoms with Gasteiger partial charge in [-0.3, -0.25) is 9.48 Å². The number of ether oxygens (including phenoxy) is 1. The standard InChI is InChI=1S/C15H14N2O3/c1-2-17-9-11(8-16-17)15(19)20-12-4-5-13-10(7-12)3-6-14(13)18/h4-5,7-9H,2-3,6H2,1H3. The number of hydrogen-bond donors (Lipinski definition) is 0. The summed E-state index contributed by atoms with van der Waals surface area (Å²) in [5.41, 5.74) is 2.11. The van der Waals surface area contributed by atoms with E-state index in [0.717, 1.165) is 11.1 Å². The Hall–Kier alpha value is -2.43. The van der Waals surface area contributed by atoms with E-state index in [-0.39, 0.29) is 5.78 Å². The molecule has 1 aliphatic carbocycles. The molecule has 3 rings (SSSR count). The normalized spacial score (nSPS) is 13.3. The zero-order valence-corrected chi connectivity index (χ0v) is 11.1. The third kappa shape index (κ3) is 2.22. The van der Waals surface area contributed by atoms with Gasteiger partial charge in [0.05, 0.1) is 11.8 Å². The van der Waals surface area contributed by atoms with E-state index in [0.29, 0.717) is 30.7 Å². The fourth-order valence-electron chi connectivity index (χ4n) is 2.30. The highest BCUT2D eigenvalue weighted by Gasteiger charge is 2.20. The van der Waals surface area contributed by atoms with Gasteiger partial charge in [0.1, 0.15) is 5.75 Å². The van der Waals surface area contributed by atoms with Crippen LogP contribution in [0.5, 0.6) is 5.75 Å². The first-order chi connectivity index (χ1) is 9.67. The predicted molar refractivity (Wildman–Crippen MR) is 72.0 cm³/mol. The lowest BCUT2D eigenvalue weighted by molar-refractivity contribution is 0.0734. The van der Waals surface area contributed by atoms with Crippen LogP contribution in [0.1, 0.15) is 39.6 Å². The Bertz CT molecular complexity index is 688. The highest BCUT2D eigenvalue weighted by atomic mass is 16.5. The second-order valence-corrected chi connectivity index (χ2v) is 4.72. The summed E-state index contributed by atoms with van der Waals surface area (Å²) in [6.07, 6.45) is 4.39. The van der Waals surface area contributed by atoms with Crippen LogP contribution in [0, 0.1) is 0 Å². The monoisotopic (exact) mass is 270 g/mol. The predicted octanol–water partition coefficient (Wildman–Crippen LogP) is 2.25. The molecule has 0 N–H and O–H groups in total. The minimum atomic E-state index is -0.436. The molecule has 0 fully saturated rings.